The molecule has 16 atom stereocenters. The van der Waals surface area contributed by atoms with Crippen molar-refractivity contribution >= 4 is 42.2 Å². The van der Waals surface area contributed by atoms with Crippen LogP contribution in [0.5, 0.6) is 0 Å². The maximum atomic E-state index is 11.7. The van der Waals surface area contributed by atoms with Crippen molar-refractivity contribution in [2.75, 3.05) is 72.5 Å². The number of carboxylic acid groups (broad SMARTS) is 1. The van der Waals surface area contributed by atoms with E-state index in [0.29, 0.717) is 0 Å². The number of hydrogen-bond acceptors (Lipinski definition) is 35. The van der Waals surface area contributed by atoms with Crippen molar-refractivity contribution in [1.82, 2.24) is 16.0 Å². The standard InChI is InChI=1S/C13H20N2O9.C9H13N3O8.C9H12N2O9.C7H11NO3.C6H9NO6.CH4/c1-13(2,3)23-9(16)4-14-12(17)22-7-5-20-11-8(24-15(18)19)6-21-10(7)11;10-6(13)1-11-9(14)19-4-2-17-8-5(20-12(15)16)3-18-7(4)8;12-6(13)1-10-9(14)19-4-2-17-8-5(20-11(15)16)3-18-7(4)8;1-6(8-5-9)10-11-7(2,3)4;8-3-1-11-6-4(13-7(9)10)2-12-5(3)6;/h7-8,10-11H,4-6H2,1-3H3,(H,14,17);4-5,7-8H,1-3H2,(H2,10,13)(H,11,14);4-5,7-8H,1-3H2,(H,10,14)(H,12,13);1H2,2-4H3;3-6,8H,1-2H2;1H4/t7-,8+,10-,11-;2*4-,5+,7-,8-;;3-,4+,5-,6-;/m111.1./s1. The molecule has 0 bridgehead atoms. The Balaban J connectivity index is 0.000000297. The molecular weight excluding hydrogens is 1230 g/mol. The van der Waals surface area contributed by atoms with E-state index < -0.39 is 172 Å². The van der Waals surface area contributed by atoms with Crippen LogP contribution in [0, 0.1) is 40.5 Å². The summed E-state index contributed by atoms with van der Waals surface area (Å²) in [6.45, 7) is 12.7. The summed E-state index contributed by atoms with van der Waals surface area (Å²) in [7, 11) is 0. The van der Waals surface area contributed by atoms with E-state index in [-0.39, 0.29) is 79.3 Å². The molecule has 89 heavy (non-hydrogen) atoms. The molecule has 8 fully saturated rings. The minimum absolute atomic E-state index is 0. The first-order valence-electron chi connectivity index (χ1n) is 25.8. The monoisotopic (exact) mass is 1300 g/mol. The van der Waals surface area contributed by atoms with Gasteiger partial charge in [-0.15, -0.1) is 45.4 Å². The van der Waals surface area contributed by atoms with Gasteiger partial charge < -0.3 is 113 Å². The van der Waals surface area contributed by atoms with Crippen LogP contribution in [-0.4, -0.2) is 254 Å². The molecule has 0 spiro atoms. The molecule has 0 aromatic carbocycles. The number of aliphatic imine (C=N–C) groups is 1. The van der Waals surface area contributed by atoms with Gasteiger partial charge in [-0.3, -0.25) is 14.4 Å². The Morgan fingerprint density at radius 1 is 0.539 bits per heavy atom. The molecule has 8 heterocycles. The van der Waals surface area contributed by atoms with Crippen LogP contribution in [0.4, 0.5) is 14.4 Å². The van der Waals surface area contributed by atoms with E-state index in [1.54, 1.807) is 41.5 Å². The van der Waals surface area contributed by atoms with Gasteiger partial charge in [0, 0.05) is 0 Å². The van der Waals surface area contributed by atoms with Gasteiger partial charge in [-0.2, -0.15) is 4.89 Å². The number of aliphatic hydroxyl groups excluding tert-OH is 1. The maximum Gasteiger partial charge on any atom is 0.408 e. The summed E-state index contributed by atoms with van der Waals surface area (Å²) >= 11 is 0. The molecule has 44 nitrogen and oxygen atoms in total. The zero-order valence-corrected chi connectivity index (χ0v) is 47.4. The smallest absolute Gasteiger partial charge is 0.408 e. The van der Waals surface area contributed by atoms with E-state index in [4.69, 9.17) is 72.6 Å². The van der Waals surface area contributed by atoms with E-state index in [9.17, 15) is 79.1 Å². The molecule has 4 amide bonds. The number of ether oxygens (including phenoxy) is 12. The summed E-state index contributed by atoms with van der Waals surface area (Å²) in [5, 5.41) is 61.4. The molecule has 8 aliphatic heterocycles. The fourth-order valence-corrected chi connectivity index (χ4v) is 8.45. The number of esters is 1. The number of nitrogens with zero attached hydrogens (tertiary/aromatic N) is 5. The highest BCUT2D eigenvalue weighted by Gasteiger charge is 2.54. The van der Waals surface area contributed by atoms with Gasteiger partial charge in [0.25, 0.3) is 26.2 Å². The van der Waals surface area contributed by atoms with Gasteiger partial charge in [0.2, 0.25) is 12.0 Å². The quantitative estimate of drug-likeness (QED) is 0.0105. The van der Waals surface area contributed by atoms with Crippen LogP contribution >= 0.6 is 0 Å². The fourth-order valence-electron chi connectivity index (χ4n) is 8.45. The van der Waals surface area contributed by atoms with Gasteiger partial charge in [0.15, 0.2) is 42.7 Å². The lowest BCUT2D eigenvalue weighted by molar-refractivity contribution is -0.769. The van der Waals surface area contributed by atoms with Gasteiger partial charge in [-0.25, -0.2) is 19.2 Å². The second-order valence-corrected chi connectivity index (χ2v) is 20.6. The minimum atomic E-state index is -1.21. The third-order valence-corrected chi connectivity index (χ3v) is 11.7. The predicted octanol–water partition coefficient (Wildman–Crippen LogP) is -2.82. The molecule has 8 aliphatic rings. The van der Waals surface area contributed by atoms with Crippen molar-refractivity contribution in [3.63, 3.8) is 0 Å². The van der Waals surface area contributed by atoms with Crippen LogP contribution < -0.4 is 21.7 Å². The Morgan fingerprint density at radius 2 is 0.843 bits per heavy atom. The Morgan fingerprint density at radius 3 is 1.16 bits per heavy atom. The van der Waals surface area contributed by atoms with Crippen molar-refractivity contribution in [1.29, 1.82) is 0 Å². The van der Waals surface area contributed by atoms with Crippen molar-refractivity contribution < 1.29 is 150 Å². The lowest BCUT2D eigenvalue weighted by Gasteiger charge is -2.20. The molecule has 8 rings (SSSR count). The van der Waals surface area contributed by atoms with E-state index in [1.807, 2.05) is 5.32 Å². The number of nitrogens with two attached hydrogens (primary N) is 1. The minimum Gasteiger partial charge on any atom is -0.480 e. The number of aliphatic carboxylic acids is 1. The maximum absolute atomic E-state index is 11.7. The molecule has 44 heteroatoms. The zero-order chi connectivity index (χ0) is 65.6. The number of fused-ring (bicyclic) bond motifs is 4. The second-order valence-electron chi connectivity index (χ2n) is 20.6. The zero-order valence-electron chi connectivity index (χ0n) is 47.4. The van der Waals surface area contributed by atoms with Crippen LogP contribution in [-0.2, 0) is 105 Å². The second kappa shape index (κ2) is 34.9. The van der Waals surface area contributed by atoms with Crippen LogP contribution in [0.2, 0.25) is 0 Å². The molecule has 0 saturated carbocycles. The third kappa shape index (κ3) is 25.7. The molecule has 0 aliphatic carbocycles. The van der Waals surface area contributed by atoms with Crippen molar-refractivity contribution in [2.24, 2.45) is 10.7 Å². The number of carboxylic acids is 1. The van der Waals surface area contributed by atoms with Gasteiger partial charge in [0.1, 0.15) is 79.2 Å². The van der Waals surface area contributed by atoms with Gasteiger partial charge in [0.05, 0.1) is 59.4 Å². The van der Waals surface area contributed by atoms with Gasteiger partial charge in [-0.1, -0.05) is 7.43 Å². The lowest BCUT2D eigenvalue weighted by Crippen LogP contribution is -2.40. The Kier molecular flexibility index (Phi) is 29.3. The number of aliphatic hydroxyl groups is 1. The van der Waals surface area contributed by atoms with Crippen LogP contribution in [0.1, 0.15) is 49.0 Å². The average molecular weight is 1300 g/mol. The molecule has 504 valence electrons. The highest BCUT2D eigenvalue weighted by molar-refractivity contribution is 5.80. The molecule has 0 aromatic rings. The highest BCUT2D eigenvalue weighted by atomic mass is 17.2. The van der Waals surface area contributed by atoms with E-state index >= 15 is 0 Å². The van der Waals surface area contributed by atoms with Crippen molar-refractivity contribution in [3.05, 3.63) is 52.9 Å². The number of alkyl carbamates (subject to hydrolysis) is 3. The largest absolute Gasteiger partial charge is 0.480 e. The first-order chi connectivity index (χ1) is 41.2. The summed E-state index contributed by atoms with van der Waals surface area (Å²) in [4.78, 5) is 147. The first-order valence-corrected chi connectivity index (χ1v) is 25.8. The number of primary amides is 1. The van der Waals surface area contributed by atoms with Crippen molar-refractivity contribution in [3.8, 4) is 0 Å². The summed E-state index contributed by atoms with van der Waals surface area (Å²) < 4.78 is 62.1. The molecular formula is C45H69N9O35. The SMILES string of the molecule is C.C=C(N=C=O)OOC(C)(C)C.CC(C)(C)OC(=O)CNC(=O)O[C@@H]1CO[C@H]2[C@@H]1OC[C@@H]2O[N+](=O)[O-].NC(=O)CNC(=O)O[C@@H]1CO[C@H]2[C@@H]1OC[C@@H]2O[N+](=O)[O-].O=C(O)CNC(=O)O[C@@H]1CO[C@H]2[C@@H]1OC[C@@H]2O[N+](=O)[O-].O=[N+]([O-])O[C@H]1CO[C@H]2[C@@H]1OC[C@H]2O. The molecule has 0 aromatic heterocycles. The molecule has 8 saturated heterocycles. The Hall–Kier alpha value is -8.46. The number of isocyanates is 1. The predicted molar refractivity (Wildman–Crippen MR) is 275 cm³/mol. The number of carbonyl (C=O) groups is 6. The molecule has 0 radical (unpaired) electrons. The normalized spacial score (nSPS) is 29.4. The number of amides is 4. The third-order valence-electron chi connectivity index (χ3n) is 11.7. The molecule has 7 N–H and O–H groups in total. The number of rotatable bonds is 20. The number of carbonyl (C=O) groups excluding carboxylic acids is 6. The number of hydrogen-bond donors (Lipinski definition) is 6. The summed E-state index contributed by atoms with van der Waals surface area (Å²) in [6, 6.07) is 0. The van der Waals surface area contributed by atoms with Crippen LogP contribution in [0.3, 0.4) is 0 Å². The fraction of sp³-hybridized carbons (Fsp3) is 0.800. The molecule has 0 unspecified atom stereocenters. The van der Waals surface area contributed by atoms with Crippen LogP contribution in [0.15, 0.2) is 17.5 Å². The van der Waals surface area contributed by atoms with E-state index in [0.717, 1.165) is 0 Å². The summed E-state index contributed by atoms with van der Waals surface area (Å²) in [6.07, 6.45) is -12.6. The van der Waals surface area contributed by atoms with Gasteiger partial charge >= 0.3 is 30.2 Å². The summed E-state index contributed by atoms with van der Waals surface area (Å²) in [5.74, 6) is -2.62. The highest BCUT2D eigenvalue weighted by Crippen LogP contribution is 2.33. The lowest BCUT2D eigenvalue weighted by atomic mass is 10.1. The topological polar surface area (TPSA) is 573 Å². The van der Waals surface area contributed by atoms with E-state index in [1.165, 1.54) is 6.08 Å². The Labute approximate surface area is 501 Å². The first kappa shape index (κ1) is 74.8. The average Bonchev–Trinajstić information content (AvgIpc) is 2.48. The van der Waals surface area contributed by atoms with E-state index in [2.05, 4.69) is 46.4 Å². The Bertz CT molecular complexity index is 2420. The van der Waals surface area contributed by atoms with Crippen LogP contribution in [0.25, 0.3) is 0 Å². The summed E-state index contributed by atoms with van der Waals surface area (Å²) in [5.41, 5.74) is 3.76. The van der Waals surface area contributed by atoms with Crippen molar-refractivity contribution in [2.45, 2.75) is 158 Å². The van der Waals surface area contributed by atoms with Gasteiger partial charge in [-0.05, 0) is 48.1 Å². The number of nitrogens with one attached hydrogen (secondary N) is 3.